The van der Waals surface area contributed by atoms with Crippen LogP contribution in [0.1, 0.15) is 8.35 Å². The number of halogens is 4. The molecule has 0 unspecified atom stereocenters. The number of anilines is 2. The number of nitrogens with zero attached hydrogens (tertiary/aromatic N) is 2. The fourth-order valence-corrected chi connectivity index (χ4v) is 1.62. The molecule has 2 aromatic rings. The van der Waals surface area contributed by atoms with Crippen molar-refractivity contribution in [1.29, 1.82) is 0 Å². The Kier molecular flexibility index (Phi) is 25.2. The van der Waals surface area contributed by atoms with Crippen molar-refractivity contribution in [3.63, 3.8) is 0 Å². The zero-order valence-corrected chi connectivity index (χ0v) is 21.2. The van der Waals surface area contributed by atoms with E-state index in [9.17, 15) is 20.2 Å². The van der Waals surface area contributed by atoms with E-state index in [-0.39, 0.29) is 29.7 Å². The van der Waals surface area contributed by atoms with Gasteiger partial charge in [0.15, 0.2) is 0 Å². The Morgan fingerprint density at radius 1 is 1.00 bits per heavy atom. The van der Waals surface area contributed by atoms with Crippen LogP contribution in [0.5, 0.6) is 0 Å². The topological polar surface area (TPSA) is 222 Å². The van der Waals surface area contributed by atoms with Crippen molar-refractivity contribution < 1.29 is 27.3 Å². The first-order chi connectivity index (χ1) is 13.0. The molecule has 2 aromatic carbocycles. The van der Waals surface area contributed by atoms with Crippen molar-refractivity contribution in [2.24, 2.45) is 0 Å². The minimum atomic E-state index is -0.826. The van der Waals surface area contributed by atoms with Gasteiger partial charge in [-0.3, -0.25) is 20.2 Å². The number of hydrogen-bond donors (Lipinski definition) is 3. The standard InChI is InChI=1S/C6H3ClN2O4.C6H7ClN2.C2H6O.2ClH.2H2O.Sn.H/c7-5-2-1-4(8(10)11)3-6(5)9(12)13;7-5-2-1-4(8)3-6(5)9;1-2-3;;;;;;/h1-3H;1-3H,8-9H2;3H,2H2,1H3;2*1H;2*1H2;;/q;;;;;;;+2;-1/p-2/i;;;;;;;;1+1. The fourth-order valence-electron chi connectivity index (χ4n) is 1.32. The molecule has 30 heavy (non-hydrogen) atoms. The molecule has 16 heteroatoms. The Morgan fingerprint density at radius 2 is 1.43 bits per heavy atom. The predicted molar refractivity (Wildman–Crippen MR) is 124 cm³/mol. The summed E-state index contributed by atoms with van der Waals surface area (Å²) in [7, 11) is 9.87. The van der Waals surface area contributed by atoms with Gasteiger partial charge in [-0.05, 0) is 31.2 Å². The van der Waals surface area contributed by atoms with Crippen molar-refractivity contribution in [3.8, 4) is 0 Å². The van der Waals surface area contributed by atoms with Crippen molar-refractivity contribution in [2.75, 3.05) is 18.1 Å². The van der Waals surface area contributed by atoms with Crippen LogP contribution in [-0.2, 0) is 0 Å². The van der Waals surface area contributed by atoms with Crippen LogP contribution < -0.4 is 11.5 Å². The Labute approximate surface area is 200 Å². The average Bonchev–Trinajstić information content (AvgIpc) is 2.60. The van der Waals surface area contributed by atoms with E-state index in [4.69, 9.17) is 57.6 Å². The van der Waals surface area contributed by atoms with Gasteiger partial charge in [0.05, 0.1) is 26.6 Å². The molecule has 0 spiro atoms. The van der Waals surface area contributed by atoms with Crippen LogP contribution in [-0.4, -0.2) is 51.4 Å². The molecule has 0 bridgehead atoms. The summed E-state index contributed by atoms with van der Waals surface area (Å²) in [6, 6.07) is 8.06. The van der Waals surface area contributed by atoms with Gasteiger partial charge in [-0.1, -0.05) is 23.2 Å². The van der Waals surface area contributed by atoms with Crippen molar-refractivity contribution in [2.45, 2.75) is 6.92 Å². The van der Waals surface area contributed by atoms with Gasteiger partial charge in [-0.25, -0.2) is 0 Å². The van der Waals surface area contributed by atoms with Crippen LogP contribution in [0.2, 0.25) is 10.0 Å². The van der Waals surface area contributed by atoms with Gasteiger partial charge < -0.3 is 29.0 Å². The van der Waals surface area contributed by atoms with E-state index in [1.807, 2.05) is 0 Å². The normalized spacial score (nSPS) is 8.20. The second kappa shape index (κ2) is 20.9. The van der Waals surface area contributed by atoms with Gasteiger partial charge in [0.1, 0.15) is 5.02 Å². The molecule has 9 N–H and O–H groups in total. The predicted octanol–water partition coefficient (Wildman–Crippen LogP) is 3.12. The molecule has 11 nitrogen and oxygen atoms in total. The summed E-state index contributed by atoms with van der Waals surface area (Å²) < 4.78 is 0. The van der Waals surface area contributed by atoms with Gasteiger partial charge in [0.25, 0.3) is 11.4 Å². The molecule has 0 atom stereocenters. The molecule has 0 saturated heterocycles. The Morgan fingerprint density at radius 3 is 1.77 bits per heavy atom. The van der Waals surface area contributed by atoms with Gasteiger partial charge in [-0.2, -0.15) is 0 Å². The molecular weight excluding hydrogens is 597 g/mol. The van der Waals surface area contributed by atoms with Crippen LogP contribution in [0, 0.1) is 20.2 Å². The quantitative estimate of drug-likeness (QED) is 0.197. The summed E-state index contributed by atoms with van der Waals surface area (Å²) in [5.41, 5.74) is 11.1. The number of rotatable bonds is 2. The van der Waals surface area contributed by atoms with Crippen molar-refractivity contribution in [1.82, 2.24) is 0 Å². The number of nitro benzene ring substituents is 2. The first-order valence-electron chi connectivity index (χ1n) is 7.01. The Balaban J connectivity index is -0.000000110. The molecule has 0 saturated carbocycles. The number of aliphatic hydroxyl groups is 1. The second-order valence-electron chi connectivity index (χ2n) is 4.32. The molecule has 0 aliphatic carbocycles. The molecule has 0 fully saturated rings. The number of hydrogen-bond acceptors (Lipinski definition) is 7. The third kappa shape index (κ3) is 16.5. The molecular formula is C14H21Cl4N4O7Sn-. The monoisotopic (exact) mass is 618 g/mol. The number of nitro groups is 2. The van der Waals surface area contributed by atoms with Gasteiger partial charge in [0.2, 0.25) is 0 Å². The average molecular weight is 619 g/mol. The summed E-state index contributed by atoms with van der Waals surface area (Å²) in [5.74, 6) is 0. The van der Waals surface area contributed by atoms with Crippen molar-refractivity contribution in [3.05, 3.63) is 66.7 Å². The molecule has 0 aliphatic heterocycles. The van der Waals surface area contributed by atoms with E-state index in [2.05, 4.69) is 0 Å². The van der Waals surface area contributed by atoms with Crippen LogP contribution in [0.15, 0.2) is 36.4 Å². The van der Waals surface area contributed by atoms with E-state index in [1.165, 1.54) is 0 Å². The summed E-state index contributed by atoms with van der Waals surface area (Å²) in [5, 5.41) is 28.5. The molecule has 0 aliphatic rings. The van der Waals surface area contributed by atoms with Gasteiger partial charge in [0, 0.05) is 18.4 Å². The Bertz CT molecular complexity index is 779. The summed E-state index contributed by atoms with van der Waals surface area (Å²) >= 11 is 10.2. The van der Waals surface area contributed by atoms with E-state index >= 15 is 0 Å². The number of non-ortho nitro benzene ring substituents is 1. The van der Waals surface area contributed by atoms with Crippen LogP contribution >= 0.6 is 41.0 Å². The zero-order valence-electron chi connectivity index (χ0n) is 16.3. The maximum atomic E-state index is 10.3. The Hall–Kier alpha value is -1.32. The molecule has 0 heterocycles. The number of benzene rings is 2. The van der Waals surface area contributed by atoms with Crippen LogP contribution in [0.4, 0.5) is 22.7 Å². The molecule has 0 aromatic heterocycles. The molecule has 172 valence electrons. The fraction of sp³-hybridized carbons (Fsp3) is 0.143. The van der Waals surface area contributed by atoms with Crippen molar-refractivity contribution >= 4 is 82.7 Å². The SMILES string of the molecule is CCO.Nc1ccc(Cl)c(N)c1.O.O.O=[N+]([O-])c1ccc(Cl)c([N+](=O)[O-])c1.[2H-].[Cl][Sn][Cl]. The van der Waals surface area contributed by atoms with E-state index in [0.717, 1.165) is 18.2 Å². The number of nitrogen functional groups attached to an aromatic ring is 2. The second-order valence-corrected chi connectivity index (χ2v) is 9.37. The third-order valence-electron chi connectivity index (χ3n) is 2.36. The minimum absolute atomic E-state index is 0. The first-order valence-corrected chi connectivity index (χ1v) is 15.0. The third-order valence-corrected chi connectivity index (χ3v) is 3.02. The summed E-state index contributed by atoms with van der Waals surface area (Å²) in [6.07, 6.45) is 0. The van der Waals surface area contributed by atoms with E-state index < -0.39 is 34.4 Å². The zero-order chi connectivity index (χ0) is 22.3. The van der Waals surface area contributed by atoms with Gasteiger partial charge in [-0.15, -0.1) is 0 Å². The van der Waals surface area contributed by atoms with E-state index in [1.54, 1.807) is 25.1 Å². The summed E-state index contributed by atoms with van der Waals surface area (Å²) in [4.78, 5) is 19.0. The number of nitrogens with two attached hydrogens (primary N) is 2. The number of aliphatic hydroxyl groups excluding tert-OH is 1. The van der Waals surface area contributed by atoms with Gasteiger partial charge >= 0.3 is 36.7 Å². The first kappa shape index (κ1) is 36.1. The maximum absolute atomic E-state index is 10.3. The molecule has 2 rings (SSSR count). The molecule has 2 radical (unpaired) electrons. The summed E-state index contributed by atoms with van der Waals surface area (Å²) in [6.45, 7) is 1.93. The molecule has 0 amide bonds. The van der Waals surface area contributed by atoms with Crippen LogP contribution in [0.25, 0.3) is 0 Å². The van der Waals surface area contributed by atoms with Crippen LogP contribution in [0.3, 0.4) is 0 Å². The van der Waals surface area contributed by atoms with E-state index in [0.29, 0.717) is 16.4 Å².